The molecule has 0 aliphatic carbocycles. The van der Waals surface area contributed by atoms with Crippen LogP contribution in [-0.2, 0) is 10.2 Å². The van der Waals surface area contributed by atoms with Crippen LogP contribution >= 0.6 is 0 Å². The molecular weight excluding hydrogens is 266 g/mol. The van der Waals surface area contributed by atoms with Crippen LogP contribution in [0.1, 0.15) is 19.3 Å². The highest BCUT2D eigenvalue weighted by Gasteiger charge is 2.30. The lowest BCUT2D eigenvalue weighted by Gasteiger charge is -2.33. The minimum Gasteiger partial charge on any atom is -0.396 e. The minimum atomic E-state index is -3.33. The molecule has 0 saturated carbocycles. The smallest absolute Gasteiger partial charge is 0.281 e. The van der Waals surface area contributed by atoms with Crippen LogP contribution in [0.4, 0.5) is 0 Å². The molecule has 0 spiro atoms. The lowest BCUT2D eigenvalue weighted by molar-refractivity contribution is 0.166. The second-order valence-corrected chi connectivity index (χ2v) is 7.55. The Morgan fingerprint density at radius 1 is 1.16 bits per heavy atom. The van der Waals surface area contributed by atoms with E-state index in [1.807, 2.05) is 19.0 Å². The monoisotopic (exact) mass is 293 g/mol. The Morgan fingerprint density at radius 3 is 2.21 bits per heavy atom. The van der Waals surface area contributed by atoms with Crippen LogP contribution in [0.5, 0.6) is 0 Å². The van der Waals surface area contributed by atoms with Gasteiger partial charge in [0.15, 0.2) is 0 Å². The van der Waals surface area contributed by atoms with Crippen molar-refractivity contribution in [2.24, 2.45) is 5.92 Å². The molecule has 0 bridgehead atoms. The van der Waals surface area contributed by atoms with Gasteiger partial charge < -0.3 is 10.0 Å². The predicted octanol–water partition coefficient (Wildman–Crippen LogP) is -0.181. The zero-order valence-electron chi connectivity index (χ0n) is 12.2. The van der Waals surface area contributed by atoms with E-state index in [-0.39, 0.29) is 12.5 Å². The zero-order valence-corrected chi connectivity index (χ0v) is 13.1. The standard InChI is InChI=1S/C12H27N3O3S/c1-13(2)7-4-8-14(3)19(17,18)15-9-5-12(11-16)6-10-15/h12,16H,4-11H2,1-3H3. The highest BCUT2D eigenvalue weighted by Crippen LogP contribution is 2.20. The van der Waals surface area contributed by atoms with Gasteiger partial charge in [-0.15, -0.1) is 0 Å². The van der Waals surface area contributed by atoms with Crippen LogP contribution in [-0.4, -0.2) is 81.0 Å². The SMILES string of the molecule is CN(C)CCCN(C)S(=O)(=O)N1CCC(CO)CC1. The predicted molar refractivity (Wildman–Crippen MR) is 76.1 cm³/mol. The Kier molecular flexibility index (Phi) is 6.68. The summed E-state index contributed by atoms with van der Waals surface area (Å²) in [5, 5.41) is 9.07. The molecule has 0 radical (unpaired) electrons. The third-order valence-corrected chi connectivity index (χ3v) is 5.62. The van der Waals surface area contributed by atoms with Crippen molar-refractivity contribution in [1.29, 1.82) is 0 Å². The molecule has 0 unspecified atom stereocenters. The molecule has 0 amide bonds. The number of rotatable bonds is 7. The second-order valence-electron chi connectivity index (χ2n) is 5.51. The van der Waals surface area contributed by atoms with Crippen LogP contribution in [0.25, 0.3) is 0 Å². The first kappa shape index (κ1) is 16.8. The molecule has 0 aromatic rings. The van der Waals surface area contributed by atoms with Gasteiger partial charge in [-0.05, 0) is 45.8 Å². The van der Waals surface area contributed by atoms with Crippen molar-refractivity contribution in [3.63, 3.8) is 0 Å². The van der Waals surface area contributed by atoms with Crippen LogP contribution in [0, 0.1) is 5.92 Å². The van der Waals surface area contributed by atoms with Gasteiger partial charge in [-0.3, -0.25) is 0 Å². The highest BCUT2D eigenvalue weighted by molar-refractivity contribution is 7.86. The van der Waals surface area contributed by atoms with Gasteiger partial charge >= 0.3 is 0 Å². The Bertz CT molecular complexity index is 351. The van der Waals surface area contributed by atoms with Gasteiger partial charge in [0.05, 0.1) is 0 Å². The number of hydrogen-bond donors (Lipinski definition) is 1. The van der Waals surface area contributed by atoms with Crippen molar-refractivity contribution in [2.75, 3.05) is 53.9 Å². The minimum absolute atomic E-state index is 0.159. The maximum atomic E-state index is 12.3. The number of aliphatic hydroxyl groups excluding tert-OH is 1. The van der Waals surface area contributed by atoms with Crippen molar-refractivity contribution in [1.82, 2.24) is 13.5 Å². The van der Waals surface area contributed by atoms with E-state index in [0.717, 1.165) is 25.8 Å². The third-order valence-electron chi connectivity index (χ3n) is 3.63. The highest BCUT2D eigenvalue weighted by atomic mass is 32.2. The van der Waals surface area contributed by atoms with E-state index in [1.165, 1.54) is 8.61 Å². The van der Waals surface area contributed by atoms with Crippen LogP contribution < -0.4 is 0 Å². The fourth-order valence-corrected chi connectivity index (χ4v) is 3.67. The van der Waals surface area contributed by atoms with Crippen molar-refractivity contribution >= 4 is 10.2 Å². The molecule has 1 aliphatic heterocycles. The van der Waals surface area contributed by atoms with E-state index in [1.54, 1.807) is 7.05 Å². The van der Waals surface area contributed by atoms with Crippen molar-refractivity contribution in [3.8, 4) is 0 Å². The molecule has 1 N–H and O–H groups in total. The Hall–Kier alpha value is -0.210. The summed E-state index contributed by atoms with van der Waals surface area (Å²) in [4.78, 5) is 2.05. The lowest BCUT2D eigenvalue weighted by Crippen LogP contribution is -2.46. The fraction of sp³-hybridized carbons (Fsp3) is 1.00. The van der Waals surface area contributed by atoms with Crippen LogP contribution in [0.2, 0.25) is 0 Å². The largest absolute Gasteiger partial charge is 0.396 e. The summed E-state index contributed by atoms with van der Waals surface area (Å²) in [5.74, 6) is 0.255. The van der Waals surface area contributed by atoms with Gasteiger partial charge in [0.1, 0.15) is 0 Å². The van der Waals surface area contributed by atoms with Gasteiger partial charge in [0.25, 0.3) is 10.2 Å². The fourth-order valence-electron chi connectivity index (χ4n) is 2.24. The summed E-state index contributed by atoms with van der Waals surface area (Å²) in [6.45, 7) is 2.62. The molecule has 1 fully saturated rings. The van der Waals surface area contributed by atoms with E-state index in [2.05, 4.69) is 0 Å². The molecule has 19 heavy (non-hydrogen) atoms. The molecule has 1 aliphatic rings. The van der Waals surface area contributed by atoms with E-state index < -0.39 is 10.2 Å². The molecule has 0 aromatic carbocycles. The Balaban J connectivity index is 2.46. The van der Waals surface area contributed by atoms with Gasteiger partial charge in [-0.1, -0.05) is 0 Å². The maximum Gasteiger partial charge on any atom is 0.281 e. The number of aliphatic hydroxyl groups is 1. The molecule has 0 aromatic heterocycles. The number of nitrogens with zero attached hydrogens (tertiary/aromatic N) is 3. The summed E-state index contributed by atoms with van der Waals surface area (Å²) in [6.07, 6.45) is 2.33. The first-order chi connectivity index (χ1) is 8.87. The van der Waals surface area contributed by atoms with E-state index >= 15 is 0 Å². The van der Waals surface area contributed by atoms with E-state index in [4.69, 9.17) is 5.11 Å². The average molecular weight is 293 g/mol. The zero-order chi connectivity index (χ0) is 14.5. The maximum absolute atomic E-state index is 12.3. The third kappa shape index (κ3) is 5.00. The first-order valence-electron chi connectivity index (χ1n) is 6.85. The van der Waals surface area contributed by atoms with Crippen molar-refractivity contribution in [2.45, 2.75) is 19.3 Å². The summed E-state index contributed by atoms with van der Waals surface area (Å²) in [5.41, 5.74) is 0. The molecule has 6 nitrogen and oxygen atoms in total. The quantitative estimate of drug-likeness (QED) is 0.707. The Labute approximate surface area is 117 Å². The Morgan fingerprint density at radius 2 is 1.74 bits per heavy atom. The second kappa shape index (κ2) is 7.54. The normalized spacial score (nSPS) is 19.5. The van der Waals surface area contributed by atoms with Gasteiger partial charge in [-0.25, -0.2) is 0 Å². The van der Waals surface area contributed by atoms with E-state index in [0.29, 0.717) is 19.6 Å². The van der Waals surface area contributed by atoms with E-state index in [9.17, 15) is 8.42 Å². The summed E-state index contributed by atoms with van der Waals surface area (Å²) in [7, 11) is 2.28. The molecule has 1 rings (SSSR count). The lowest BCUT2D eigenvalue weighted by atomic mass is 10.00. The number of hydrogen-bond acceptors (Lipinski definition) is 4. The summed E-state index contributed by atoms with van der Waals surface area (Å²) >= 11 is 0. The molecule has 1 heterocycles. The van der Waals surface area contributed by atoms with Gasteiger partial charge in [0, 0.05) is 33.3 Å². The molecule has 0 atom stereocenters. The van der Waals surface area contributed by atoms with Crippen molar-refractivity contribution < 1.29 is 13.5 Å². The molecule has 1 saturated heterocycles. The topological polar surface area (TPSA) is 64.1 Å². The van der Waals surface area contributed by atoms with Gasteiger partial charge in [0.2, 0.25) is 0 Å². The summed E-state index contributed by atoms with van der Waals surface area (Å²) < 4.78 is 27.6. The van der Waals surface area contributed by atoms with Crippen LogP contribution in [0.3, 0.4) is 0 Å². The average Bonchev–Trinajstić information content (AvgIpc) is 2.38. The van der Waals surface area contributed by atoms with Crippen molar-refractivity contribution in [3.05, 3.63) is 0 Å². The van der Waals surface area contributed by atoms with Crippen LogP contribution in [0.15, 0.2) is 0 Å². The molecule has 7 heteroatoms. The molecular formula is C12H27N3O3S. The molecule has 114 valence electrons. The number of piperidine rings is 1. The first-order valence-corrected chi connectivity index (χ1v) is 8.24. The summed E-state index contributed by atoms with van der Waals surface area (Å²) in [6, 6.07) is 0. The van der Waals surface area contributed by atoms with Gasteiger partial charge in [-0.2, -0.15) is 17.0 Å².